The molecule has 0 aromatic heterocycles. The SMILES string of the molecule is COC(=O)/C=N/Nc1ccc(Cl)cc1. The summed E-state index contributed by atoms with van der Waals surface area (Å²) in [6.45, 7) is 0. The van der Waals surface area contributed by atoms with Crippen molar-refractivity contribution in [3.8, 4) is 0 Å². The van der Waals surface area contributed by atoms with Crippen LogP contribution in [0.3, 0.4) is 0 Å². The van der Waals surface area contributed by atoms with Crippen LogP contribution in [0.15, 0.2) is 29.4 Å². The first-order valence-electron chi connectivity index (χ1n) is 3.85. The molecule has 0 radical (unpaired) electrons. The van der Waals surface area contributed by atoms with Gasteiger partial charge in [-0.2, -0.15) is 5.10 Å². The van der Waals surface area contributed by atoms with Gasteiger partial charge in [-0.05, 0) is 24.3 Å². The second-order valence-electron chi connectivity index (χ2n) is 2.40. The van der Waals surface area contributed by atoms with Gasteiger partial charge in [-0.15, -0.1) is 0 Å². The van der Waals surface area contributed by atoms with Crippen LogP contribution in [0.1, 0.15) is 0 Å². The third-order valence-electron chi connectivity index (χ3n) is 1.41. The van der Waals surface area contributed by atoms with Crippen LogP contribution in [0, 0.1) is 0 Å². The van der Waals surface area contributed by atoms with E-state index < -0.39 is 5.97 Å². The fourth-order valence-electron chi connectivity index (χ4n) is 0.737. The van der Waals surface area contributed by atoms with Crippen LogP contribution in [0.4, 0.5) is 5.69 Å². The summed E-state index contributed by atoms with van der Waals surface area (Å²) in [5.74, 6) is -0.508. The highest BCUT2D eigenvalue weighted by atomic mass is 35.5. The standard InChI is InChI=1S/C9H9ClN2O2/c1-14-9(13)6-11-12-8-4-2-7(10)3-5-8/h2-6,12H,1H3/b11-6+. The number of ether oxygens (including phenoxy) is 1. The average Bonchev–Trinajstić information content (AvgIpc) is 2.21. The van der Waals surface area contributed by atoms with Crippen molar-refractivity contribution in [3.05, 3.63) is 29.3 Å². The van der Waals surface area contributed by atoms with Crippen molar-refractivity contribution in [2.45, 2.75) is 0 Å². The van der Waals surface area contributed by atoms with Gasteiger partial charge in [-0.3, -0.25) is 5.43 Å². The lowest BCUT2D eigenvalue weighted by Gasteiger charge is -1.98. The summed E-state index contributed by atoms with van der Waals surface area (Å²) < 4.78 is 4.36. The first-order valence-corrected chi connectivity index (χ1v) is 4.23. The summed E-state index contributed by atoms with van der Waals surface area (Å²) in [6.07, 6.45) is 1.05. The quantitative estimate of drug-likeness (QED) is 0.473. The third-order valence-corrected chi connectivity index (χ3v) is 1.66. The van der Waals surface area contributed by atoms with Crippen molar-refractivity contribution in [3.63, 3.8) is 0 Å². The van der Waals surface area contributed by atoms with E-state index in [1.54, 1.807) is 24.3 Å². The number of hydrogen-bond acceptors (Lipinski definition) is 4. The molecule has 0 amide bonds. The zero-order valence-electron chi connectivity index (χ0n) is 7.53. The van der Waals surface area contributed by atoms with E-state index in [0.717, 1.165) is 11.9 Å². The van der Waals surface area contributed by atoms with E-state index in [1.165, 1.54) is 7.11 Å². The molecule has 0 atom stereocenters. The highest BCUT2D eigenvalue weighted by Gasteiger charge is 1.92. The Hall–Kier alpha value is -1.55. The maximum atomic E-state index is 10.6. The number of halogens is 1. The molecular formula is C9H9ClN2O2. The van der Waals surface area contributed by atoms with Crippen LogP contribution in [0.25, 0.3) is 0 Å². The topological polar surface area (TPSA) is 50.7 Å². The number of hydrogen-bond donors (Lipinski definition) is 1. The predicted octanol–water partition coefficient (Wildman–Crippen LogP) is 1.91. The summed E-state index contributed by atoms with van der Waals surface area (Å²) in [5.41, 5.74) is 3.39. The van der Waals surface area contributed by atoms with E-state index in [2.05, 4.69) is 15.3 Å². The van der Waals surface area contributed by atoms with Gasteiger partial charge >= 0.3 is 5.97 Å². The van der Waals surface area contributed by atoms with Crippen LogP contribution in [-0.2, 0) is 9.53 Å². The van der Waals surface area contributed by atoms with Crippen molar-refractivity contribution < 1.29 is 9.53 Å². The molecule has 74 valence electrons. The largest absolute Gasteiger partial charge is 0.465 e. The molecule has 0 unspecified atom stereocenters. The number of nitrogens with zero attached hydrogens (tertiary/aromatic N) is 1. The van der Waals surface area contributed by atoms with Gasteiger partial charge < -0.3 is 4.74 Å². The number of methoxy groups -OCH3 is 1. The Morgan fingerprint density at radius 3 is 2.71 bits per heavy atom. The van der Waals surface area contributed by atoms with E-state index in [0.29, 0.717) is 5.02 Å². The average molecular weight is 213 g/mol. The number of nitrogens with one attached hydrogen (secondary N) is 1. The summed E-state index contributed by atoms with van der Waals surface area (Å²) in [5, 5.41) is 4.30. The smallest absolute Gasteiger partial charge is 0.350 e. The maximum Gasteiger partial charge on any atom is 0.350 e. The van der Waals surface area contributed by atoms with E-state index in [1.807, 2.05) is 0 Å². The molecule has 0 aliphatic heterocycles. The maximum absolute atomic E-state index is 10.6. The molecule has 5 heteroatoms. The second kappa shape index (κ2) is 5.24. The van der Waals surface area contributed by atoms with Crippen molar-refractivity contribution in [1.82, 2.24) is 0 Å². The predicted molar refractivity (Wildman–Crippen MR) is 55.6 cm³/mol. The van der Waals surface area contributed by atoms with Crippen LogP contribution in [0.2, 0.25) is 5.02 Å². The molecular weight excluding hydrogens is 204 g/mol. The van der Waals surface area contributed by atoms with E-state index in [-0.39, 0.29) is 0 Å². The number of rotatable bonds is 3. The van der Waals surface area contributed by atoms with Crippen molar-refractivity contribution in [2.24, 2.45) is 5.10 Å². The molecule has 1 aromatic rings. The third kappa shape index (κ3) is 3.45. The van der Waals surface area contributed by atoms with Gasteiger partial charge in [0.2, 0.25) is 0 Å². The Kier molecular flexibility index (Phi) is 3.94. The lowest BCUT2D eigenvalue weighted by molar-refractivity contribution is -0.132. The minimum absolute atomic E-state index is 0.508. The molecule has 0 fully saturated rings. The lowest BCUT2D eigenvalue weighted by Crippen LogP contribution is -2.02. The Morgan fingerprint density at radius 2 is 2.14 bits per heavy atom. The fourth-order valence-corrected chi connectivity index (χ4v) is 0.863. The molecule has 0 aliphatic carbocycles. The van der Waals surface area contributed by atoms with Gasteiger partial charge in [-0.25, -0.2) is 4.79 Å². The Morgan fingerprint density at radius 1 is 1.50 bits per heavy atom. The molecule has 14 heavy (non-hydrogen) atoms. The van der Waals surface area contributed by atoms with Crippen LogP contribution < -0.4 is 5.43 Å². The van der Waals surface area contributed by atoms with Crippen LogP contribution in [-0.4, -0.2) is 19.3 Å². The minimum Gasteiger partial charge on any atom is -0.465 e. The van der Waals surface area contributed by atoms with Crippen LogP contribution >= 0.6 is 11.6 Å². The summed E-state index contributed by atoms with van der Waals surface area (Å²) in [4.78, 5) is 10.6. The van der Waals surface area contributed by atoms with Gasteiger partial charge in [0.15, 0.2) is 0 Å². The highest BCUT2D eigenvalue weighted by molar-refractivity contribution is 6.30. The number of anilines is 1. The number of esters is 1. The summed E-state index contributed by atoms with van der Waals surface area (Å²) in [6, 6.07) is 6.93. The van der Waals surface area contributed by atoms with E-state index >= 15 is 0 Å². The van der Waals surface area contributed by atoms with E-state index in [9.17, 15) is 4.79 Å². The number of carbonyl (C=O) groups is 1. The van der Waals surface area contributed by atoms with Crippen molar-refractivity contribution >= 4 is 29.5 Å². The number of benzene rings is 1. The summed E-state index contributed by atoms with van der Waals surface area (Å²) >= 11 is 5.68. The normalized spacial score (nSPS) is 10.1. The molecule has 1 aromatic carbocycles. The first kappa shape index (κ1) is 10.5. The molecule has 1 rings (SSSR count). The molecule has 0 saturated heterocycles. The Balaban J connectivity index is 2.49. The Bertz CT molecular complexity index is 335. The zero-order valence-corrected chi connectivity index (χ0v) is 8.28. The lowest BCUT2D eigenvalue weighted by atomic mass is 10.3. The first-order chi connectivity index (χ1) is 6.72. The monoisotopic (exact) mass is 212 g/mol. The number of hydrazone groups is 1. The highest BCUT2D eigenvalue weighted by Crippen LogP contribution is 2.12. The summed E-state index contributed by atoms with van der Waals surface area (Å²) in [7, 11) is 1.29. The Labute approximate surface area is 86.5 Å². The molecule has 0 aliphatic rings. The van der Waals surface area contributed by atoms with E-state index in [4.69, 9.17) is 11.6 Å². The van der Waals surface area contributed by atoms with Gasteiger partial charge in [-0.1, -0.05) is 11.6 Å². The molecule has 4 nitrogen and oxygen atoms in total. The zero-order chi connectivity index (χ0) is 10.4. The van der Waals surface area contributed by atoms with Gasteiger partial charge in [0, 0.05) is 5.02 Å². The fraction of sp³-hybridized carbons (Fsp3) is 0.111. The van der Waals surface area contributed by atoms with Gasteiger partial charge in [0.25, 0.3) is 0 Å². The van der Waals surface area contributed by atoms with Gasteiger partial charge in [0.1, 0.15) is 6.21 Å². The number of carbonyl (C=O) groups excluding carboxylic acids is 1. The molecule has 0 saturated carbocycles. The second-order valence-corrected chi connectivity index (χ2v) is 2.84. The molecule has 0 spiro atoms. The minimum atomic E-state index is -0.508. The van der Waals surface area contributed by atoms with Crippen molar-refractivity contribution in [1.29, 1.82) is 0 Å². The van der Waals surface area contributed by atoms with Crippen LogP contribution in [0.5, 0.6) is 0 Å². The molecule has 1 N–H and O–H groups in total. The molecule has 0 bridgehead atoms. The van der Waals surface area contributed by atoms with Gasteiger partial charge in [0.05, 0.1) is 12.8 Å². The van der Waals surface area contributed by atoms with Crippen molar-refractivity contribution in [2.75, 3.05) is 12.5 Å². The molecule has 0 heterocycles.